The quantitative estimate of drug-likeness (QED) is 0.682. The van der Waals surface area contributed by atoms with Gasteiger partial charge in [0.2, 0.25) is 0 Å². The number of rotatable bonds is 3. The Bertz CT molecular complexity index is 230. The van der Waals surface area contributed by atoms with Crippen LogP contribution >= 0.6 is 12.6 Å². The fourth-order valence-corrected chi connectivity index (χ4v) is 1.22. The first-order valence-corrected chi connectivity index (χ1v) is 4.47. The molecule has 1 aromatic heterocycles. The molecule has 0 fully saturated rings. The molecule has 1 heterocycles. The molecule has 0 aromatic carbocycles. The molecular formula is C8H14N2S. The Balaban J connectivity index is 2.63. The van der Waals surface area contributed by atoms with E-state index in [1.807, 2.05) is 17.9 Å². The van der Waals surface area contributed by atoms with Gasteiger partial charge in [-0.3, -0.25) is 4.68 Å². The van der Waals surface area contributed by atoms with E-state index < -0.39 is 0 Å². The summed E-state index contributed by atoms with van der Waals surface area (Å²) in [5, 5.41) is 4.16. The van der Waals surface area contributed by atoms with Crippen molar-refractivity contribution in [3.8, 4) is 0 Å². The summed E-state index contributed by atoms with van der Waals surface area (Å²) in [6.07, 6.45) is 4.18. The van der Waals surface area contributed by atoms with Crippen LogP contribution in [0.2, 0.25) is 0 Å². The smallest absolute Gasteiger partial charge is 0.0524 e. The lowest BCUT2D eigenvalue weighted by Crippen LogP contribution is -1.94. The van der Waals surface area contributed by atoms with Crippen LogP contribution in [-0.2, 0) is 13.5 Å². The standard InChI is InChI=1S/C8H14N2S/c1-7-8(4-3-5-11)6-9-10(7)2/h6,11H,3-5H2,1-2H3. The van der Waals surface area contributed by atoms with Crippen molar-refractivity contribution in [2.75, 3.05) is 5.75 Å². The van der Waals surface area contributed by atoms with Gasteiger partial charge in [-0.05, 0) is 31.1 Å². The Labute approximate surface area is 73.0 Å². The highest BCUT2D eigenvalue weighted by molar-refractivity contribution is 7.80. The summed E-state index contributed by atoms with van der Waals surface area (Å²) in [5.74, 6) is 0.953. The van der Waals surface area contributed by atoms with Crippen molar-refractivity contribution in [3.63, 3.8) is 0 Å². The maximum atomic E-state index is 4.16. The predicted molar refractivity (Wildman–Crippen MR) is 50.1 cm³/mol. The number of hydrogen-bond acceptors (Lipinski definition) is 2. The second-order valence-electron chi connectivity index (χ2n) is 2.71. The van der Waals surface area contributed by atoms with Crippen LogP contribution in [0.25, 0.3) is 0 Å². The van der Waals surface area contributed by atoms with Crippen molar-refractivity contribution < 1.29 is 0 Å². The molecule has 0 aliphatic rings. The van der Waals surface area contributed by atoms with Gasteiger partial charge in [0.25, 0.3) is 0 Å². The number of aryl methyl sites for hydroxylation is 2. The topological polar surface area (TPSA) is 17.8 Å². The predicted octanol–water partition coefficient (Wildman–Crippen LogP) is 1.59. The van der Waals surface area contributed by atoms with Gasteiger partial charge in [-0.15, -0.1) is 0 Å². The summed E-state index contributed by atoms with van der Waals surface area (Å²) < 4.78 is 1.91. The Morgan fingerprint density at radius 3 is 2.82 bits per heavy atom. The zero-order valence-electron chi connectivity index (χ0n) is 7.04. The lowest BCUT2D eigenvalue weighted by Gasteiger charge is -1.97. The average molecular weight is 170 g/mol. The lowest BCUT2D eigenvalue weighted by molar-refractivity contribution is 0.736. The Morgan fingerprint density at radius 1 is 1.64 bits per heavy atom. The minimum Gasteiger partial charge on any atom is -0.273 e. The third kappa shape index (κ3) is 1.99. The summed E-state index contributed by atoms with van der Waals surface area (Å²) in [6, 6.07) is 0. The number of nitrogens with zero attached hydrogens (tertiary/aromatic N) is 2. The minimum atomic E-state index is 0.953. The highest BCUT2D eigenvalue weighted by atomic mass is 32.1. The normalized spacial score (nSPS) is 10.5. The molecule has 2 nitrogen and oxygen atoms in total. The van der Waals surface area contributed by atoms with E-state index in [1.54, 1.807) is 0 Å². The first-order chi connectivity index (χ1) is 5.25. The van der Waals surface area contributed by atoms with Gasteiger partial charge < -0.3 is 0 Å². The van der Waals surface area contributed by atoms with E-state index in [2.05, 4.69) is 24.7 Å². The molecule has 1 aromatic rings. The molecule has 0 unspecified atom stereocenters. The molecule has 11 heavy (non-hydrogen) atoms. The largest absolute Gasteiger partial charge is 0.273 e. The zero-order chi connectivity index (χ0) is 8.27. The molecule has 0 aliphatic carbocycles. The van der Waals surface area contributed by atoms with E-state index >= 15 is 0 Å². The first-order valence-electron chi connectivity index (χ1n) is 3.84. The molecule has 0 saturated heterocycles. The van der Waals surface area contributed by atoms with Gasteiger partial charge >= 0.3 is 0 Å². The van der Waals surface area contributed by atoms with Crippen LogP contribution in [0.5, 0.6) is 0 Å². The molecule has 62 valence electrons. The second-order valence-corrected chi connectivity index (χ2v) is 3.15. The van der Waals surface area contributed by atoms with Gasteiger partial charge in [0.15, 0.2) is 0 Å². The van der Waals surface area contributed by atoms with Crippen LogP contribution in [0.4, 0.5) is 0 Å². The monoisotopic (exact) mass is 170 g/mol. The number of aromatic nitrogens is 2. The summed E-state index contributed by atoms with van der Waals surface area (Å²) in [7, 11) is 1.97. The summed E-state index contributed by atoms with van der Waals surface area (Å²) in [6.45, 7) is 2.10. The van der Waals surface area contributed by atoms with Crippen LogP contribution in [0, 0.1) is 6.92 Å². The maximum Gasteiger partial charge on any atom is 0.0524 e. The van der Waals surface area contributed by atoms with E-state index in [-0.39, 0.29) is 0 Å². The van der Waals surface area contributed by atoms with Gasteiger partial charge in [-0.25, -0.2) is 0 Å². The first kappa shape index (κ1) is 8.65. The molecule has 0 spiro atoms. The maximum absolute atomic E-state index is 4.16. The van der Waals surface area contributed by atoms with Crippen LogP contribution in [0.15, 0.2) is 6.20 Å². The van der Waals surface area contributed by atoms with Gasteiger partial charge in [0, 0.05) is 12.7 Å². The van der Waals surface area contributed by atoms with Crippen LogP contribution in [0.1, 0.15) is 17.7 Å². The van der Waals surface area contributed by atoms with Crippen LogP contribution in [0.3, 0.4) is 0 Å². The van der Waals surface area contributed by atoms with Crippen molar-refractivity contribution in [2.45, 2.75) is 19.8 Å². The van der Waals surface area contributed by atoms with Crippen LogP contribution < -0.4 is 0 Å². The molecule has 1 rings (SSSR count). The fourth-order valence-electron chi connectivity index (χ4n) is 1.06. The Morgan fingerprint density at radius 2 is 2.36 bits per heavy atom. The summed E-state index contributed by atoms with van der Waals surface area (Å²) >= 11 is 4.16. The highest BCUT2D eigenvalue weighted by Gasteiger charge is 2.01. The van der Waals surface area contributed by atoms with Crippen molar-refractivity contribution in [1.29, 1.82) is 0 Å². The Kier molecular flexibility index (Phi) is 3.00. The summed E-state index contributed by atoms with van der Waals surface area (Å²) in [4.78, 5) is 0. The van der Waals surface area contributed by atoms with Crippen molar-refractivity contribution in [1.82, 2.24) is 9.78 Å². The summed E-state index contributed by atoms with van der Waals surface area (Å²) in [5.41, 5.74) is 2.62. The third-order valence-electron chi connectivity index (χ3n) is 1.94. The van der Waals surface area contributed by atoms with Gasteiger partial charge in [0.05, 0.1) is 6.20 Å². The molecule has 0 atom stereocenters. The van der Waals surface area contributed by atoms with Crippen LogP contribution in [-0.4, -0.2) is 15.5 Å². The molecule has 0 aliphatic heterocycles. The van der Waals surface area contributed by atoms with Crippen molar-refractivity contribution in [2.24, 2.45) is 7.05 Å². The minimum absolute atomic E-state index is 0.953. The molecule has 0 bridgehead atoms. The zero-order valence-corrected chi connectivity index (χ0v) is 7.93. The van der Waals surface area contributed by atoms with E-state index in [1.165, 1.54) is 11.3 Å². The Hall–Kier alpha value is -0.440. The molecule has 0 amide bonds. The highest BCUT2D eigenvalue weighted by Crippen LogP contribution is 2.08. The molecule has 0 saturated carbocycles. The van der Waals surface area contributed by atoms with E-state index in [9.17, 15) is 0 Å². The number of hydrogen-bond donors (Lipinski definition) is 1. The van der Waals surface area contributed by atoms with Crippen molar-refractivity contribution >= 4 is 12.6 Å². The molecule has 0 radical (unpaired) electrons. The van der Waals surface area contributed by atoms with E-state index in [0.717, 1.165) is 18.6 Å². The number of thiol groups is 1. The second kappa shape index (κ2) is 3.81. The SMILES string of the molecule is Cc1c(CCCS)cnn1C. The fraction of sp³-hybridized carbons (Fsp3) is 0.625. The molecule has 3 heteroatoms. The third-order valence-corrected chi connectivity index (χ3v) is 2.26. The van der Waals surface area contributed by atoms with Gasteiger partial charge in [-0.1, -0.05) is 0 Å². The molecular weight excluding hydrogens is 156 g/mol. The van der Waals surface area contributed by atoms with Gasteiger partial charge in [-0.2, -0.15) is 17.7 Å². The van der Waals surface area contributed by atoms with Gasteiger partial charge in [0.1, 0.15) is 0 Å². The molecule has 0 N–H and O–H groups in total. The van der Waals surface area contributed by atoms with E-state index in [4.69, 9.17) is 0 Å². The lowest BCUT2D eigenvalue weighted by atomic mass is 10.1. The van der Waals surface area contributed by atoms with E-state index in [0.29, 0.717) is 0 Å². The average Bonchev–Trinajstić information content (AvgIpc) is 2.31. The van der Waals surface area contributed by atoms with Crippen molar-refractivity contribution in [3.05, 3.63) is 17.5 Å².